The highest BCUT2D eigenvalue weighted by molar-refractivity contribution is 5.78. The fourth-order valence-electron chi connectivity index (χ4n) is 2.29. The average molecular weight is 496 g/mol. The van der Waals surface area contributed by atoms with Crippen LogP contribution in [0.15, 0.2) is 0 Å². The topological polar surface area (TPSA) is 120 Å². The first kappa shape index (κ1) is 32.8. The summed E-state index contributed by atoms with van der Waals surface area (Å²) in [5.41, 5.74) is 0. The number of Topliss-reactive ketones (excluding diaryl/α,β-unsaturated/α-hetero) is 1. The summed E-state index contributed by atoms with van der Waals surface area (Å²) >= 11 is 0. The molecule has 0 bridgehead atoms. The van der Waals surface area contributed by atoms with Gasteiger partial charge in [0.2, 0.25) is 5.91 Å². The molecular formula is C23H45NO10. The quantitative estimate of drug-likeness (QED) is 0.155. The van der Waals surface area contributed by atoms with Crippen molar-refractivity contribution in [3.8, 4) is 0 Å². The first-order chi connectivity index (χ1) is 16.7. The highest BCUT2D eigenvalue weighted by Gasteiger charge is 1.99. The minimum absolute atomic E-state index is 0.0355. The zero-order chi connectivity index (χ0) is 25.0. The van der Waals surface area contributed by atoms with Crippen molar-refractivity contribution in [1.82, 2.24) is 5.32 Å². The van der Waals surface area contributed by atoms with E-state index in [4.69, 9.17) is 37.9 Å². The number of ketones is 1. The van der Waals surface area contributed by atoms with Crippen LogP contribution in [0.5, 0.6) is 0 Å². The third-order valence-electron chi connectivity index (χ3n) is 4.28. The Morgan fingerprint density at radius 3 is 1.00 bits per heavy atom. The lowest BCUT2D eigenvalue weighted by molar-refractivity contribution is -0.122. The number of nitrogens with one attached hydrogen (secondary N) is 1. The molecule has 11 nitrogen and oxygen atoms in total. The lowest BCUT2D eigenvalue weighted by atomic mass is 10.2. The Morgan fingerprint density at radius 2 is 0.735 bits per heavy atom. The fraction of sp³-hybridized carbons (Fsp3) is 0.913. The van der Waals surface area contributed by atoms with E-state index in [9.17, 15) is 9.59 Å². The third-order valence-corrected chi connectivity index (χ3v) is 4.28. The van der Waals surface area contributed by atoms with E-state index < -0.39 is 0 Å². The van der Waals surface area contributed by atoms with E-state index in [0.717, 1.165) is 0 Å². The summed E-state index contributed by atoms with van der Waals surface area (Å²) in [4.78, 5) is 22.1. The number of hydrogen-bond donors (Lipinski definition) is 1. The summed E-state index contributed by atoms with van der Waals surface area (Å²) in [5.74, 6) is 0.178. The SMILES string of the molecule is CCC(=O)CCOCCOCCOCCOCCOCCOCCOCCOCCC(=O)NC. The summed E-state index contributed by atoms with van der Waals surface area (Å²) in [6.45, 7) is 9.58. The molecule has 0 radical (unpaired) electrons. The first-order valence-electron chi connectivity index (χ1n) is 12.0. The van der Waals surface area contributed by atoms with Gasteiger partial charge in [-0.15, -0.1) is 0 Å². The molecule has 0 aromatic carbocycles. The van der Waals surface area contributed by atoms with Gasteiger partial charge < -0.3 is 43.2 Å². The number of carbonyl (C=O) groups excluding carboxylic acids is 2. The molecule has 1 N–H and O–H groups in total. The molecule has 0 aliphatic carbocycles. The number of carbonyl (C=O) groups is 2. The molecule has 0 spiro atoms. The molecule has 0 aromatic heterocycles. The predicted molar refractivity (Wildman–Crippen MR) is 125 cm³/mol. The van der Waals surface area contributed by atoms with E-state index in [1.807, 2.05) is 6.92 Å². The molecule has 0 aliphatic heterocycles. The van der Waals surface area contributed by atoms with E-state index in [2.05, 4.69) is 5.32 Å². The molecule has 0 aliphatic rings. The minimum Gasteiger partial charge on any atom is -0.379 e. The van der Waals surface area contributed by atoms with Gasteiger partial charge >= 0.3 is 0 Å². The molecule has 0 rings (SSSR count). The van der Waals surface area contributed by atoms with Crippen LogP contribution in [0, 0.1) is 0 Å². The van der Waals surface area contributed by atoms with E-state index in [1.54, 1.807) is 7.05 Å². The maximum atomic E-state index is 11.1. The van der Waals surface area contributed by atoms with Crippen LogP contribution in [-0.2, 0) is 47.5 Å². The second-order valence-corrected chi connectivity index (χ2v) is 6.96. The molecule has 0 heterocycles. The van der Waals surface area contributed by atoms with Crippen LogP contribution >= 0.6 is 0 Å². The highest BCUT2D eigenvalue weighted by Crippen LogP contribution is 1.90. The van der Waals surface area contributed by atoms with Crippen LogP contribution in [-0.4, -0.2) is 124 Å². The van der Waals surface area contributed by atoms with Gasteiger partial charge in [0, 0.05) is 26.3 Å². The van der Waals surface area contributed by atoms with Gasteiger partial charge in [-0.1, -0.05) is 6.92 Å². The summed E-state index contributed by atoms with van der Waals surface area (Å²) in [5, 5.41) is 2.53. The summed E-state index contributed by atoms with van der Waals surface area (Å²) in [6, 6.07) is 0. The molecule has 0 atom stereocenters. The van der Waals surface area contributed by atoms with Gasteiger partial charge in [-0.05, 0) is 0 Å². The molecule has 1 amide bonds. The maximum Gasteiger partial charge on any atom is 0.222 e. The van der Waals surface area contributed by atoms with Crippen molar-refractivity contribution in [2.75, 3.05) is 113 Å². The van der Waals surface area contributed by atoms with Crippen molar-refractivity contribution >= 4 is 11.7 Å². The van der Waals surface area contributed by atoms with Crippen LogP contribution in [0.3, 0.4) is 0 Å². The van der Waals surface area contributed by atoms with Gasteiger partial charge in [0.25, 0.3) is 0 Å². The molecule has 11 heteroatoms. The lowest BCUT2D eigenvalue weighted by Crippen LogP contribution is -2.20. The normalized spacial score (nSPS) is 11.1. The van der Waals surface area contributed by atoms with E-state index >= 15 is 0 Å². The minimum atomic E-state index is -0.0355. The number of rotatable bonds is 28. The van der Waals surface area contributed by atoms with Gasteiger partial charge in [0.1, 0.15) is 5.78 Å². The Balaban J connectivity index is 3.05. The number of amides is 1. The molecule has 0 fully saturated rings. The molecule has 34 heavy (non-hydrogen) atoms. The summed E-state index contributed by atoms with van der Waals surface area (Å²) in [6.07, 6.45) is 1.38. The number of hydrogen-bond acceptors (Lipinski definition) is 10. The first-order valence-corrected chi connectivity index (χ1v) is 12.0. The van der Waals surface area contributed by atoms with Crippen molar-refractivity contribution in [2.45, 2.75) is 26.2 Å². The van der Waals surface area contributed by atoms with Gasteiger partial charge in [-0.2, -0.15) is 0 Å². The lowest BCUT2D eigenvalue weighted by Gasteiger charge is -2.08. The monoisotopic (exact) mass is 495 g/mol. The molecule has 202 valence electrons. The largest absolute Gasteiger partial charge is 0.379 e. The van der Waals surface area contributed by atoms with Crippen LogP contribution in [0.2, 0.25) is 0 Å². The van der Waals surface area contributed by atoms with Gasteiger partial charge in [-0.25, -0.2) is 0 Å². The van der Waals surface area contributed by atoms with Crippen molar-refractivity contribution in [3.63, 3.8) is 0 Å². The van der Waals surface area contributed by atoms with Crippen LogP contribution < -0.4 is 5.32 Å². The zero-order valence-corrected chi connectivity index (χ0v) is 21.0. The van der Waals surface area contributed by atoms with E-state index in [1.165, 1.54) is 0 Å². The van der Waals surface area contributed by atoms with Crippen LogP contribution in [0.25, 0.3) is 0 Å². The third kappa shape index (κ3) is 27.1. The molecule has 0 saturated heterocycles. The van der Waals surface area contributed by atoms with Crippen molar-refractivity contribution in [1.29, 1.82) is 0 Å². The Hall–Kier alpha value is -1.18. The molecule has 0 aromatic rings. The molecule has 0 unspecified atom stereocenters. The van der Waals surface area contributed by atoms with Crippen LogP contribution in [0.4, 0.5) is 0 Å². The van der Waals surface area contributed by atoms with Gasteiger partial charge in [0.15, 0.2) is 0 Å². The van der Waals surface area contributed by atoms with E-state index in [0.29, 0.717) is 125 Å². The second-order valence-electron chi connectivity index (χ2n) is 6.96. The van der Waals surface area contributed by atoms with Crippen LogP contribution in [0.1, 0.15) is 26.2 Å². The highest BCUT2D eigenvalue weighted by atomic mass is 16.6. The molecule has 0 saturated carbocycles. The Morgan fingerprint density at radius 1 is 0.471 bits per heavy atom. The summed E-state index contributed by atoms with van der Waals surface area (Å²) < 4.78 is 43.0. The second kappa shape index (κ2) is 28.1. The fourth-order valence-corrected chi connectivity index (χ4v) is 2.29. The predicted octanol–water partition coefficient (Wildman–Crippen LogP) is 0.625. The number of ether oxygens (including phenoxy) is 8. The van der Waals surface area contributed by atoms with Gasteiger partial charge in [-0.3, -0.25) is 9.59 Å². The Labute approximate surface area is 204 Å². The smallest absolute Gasteiger partial charge is 0.222 e. The standard InChI is InChI=1S/C23H45NO10/c1-3-22(25)4-6-27-8-10-29-12-14-31-16-18-33-20-21-34-19-17-32-15-13-30-11-9-28-7-5-23(26)24-2/h3-21H2,1-2H3,(H,24,26). The zero-order valence-electron chi connectivity index (χ0n) is 21.0. The van der Waals surface area contributed by atoms with E-state index in [-0.39, 0.29) is 11.7 Å². The average Bonchev–Trinajstić information content (AvgIpc) is 2.85. The van der Waals surface area contributed by atoms with Crippen molar-refractivity contribution in [3.05, 3.63) is 0 Å². The van der Waals surface area contributed by atoms with Crippen molar-refractivity contribution < 1.29 is 47.5 Å². The Kier molecular flexibility index (Phi) is 27.1. The maximum absolute atomic E-state index is 11.1. The Bertz CT molecular complexity index is 413. The van der Waals surface area contributed by atoms with Gasteiger partial charge in [0.05, 0.1) is 106 Å². The van der Waals surface area contributed by atoms with Crippen molar-refractivity contribution in [2.24, 2.45) is 0 Å². The summed E-state index contributed by atoms with van der Waals surface area (Å²) in [7, 11) is 1.60. The molecular weight excluding hydrogens is 450 g/mol.